The van der Waals surface area contributed by atoms with E-state index in [1.807, 2.05) is 0 Å². The van der Waals surface area contributed by atoms with Gasteiger partial charge in [-0.1, -0.05) is 0 Å². The number of hydrogen-bond acceptors (Lipinski definition) is 4. The van der Waals surface area contributed by atoms with Gasteiger partial charge in [0.2, 0.25) is 0 Å². The fourth-order valence-electron chi connectivity index (χ4n) is 1.14. The molecule has 0 saturated heterocycles. The van der Waals surface area contributed by atoms with Crippen molar-refractivity contribution in [2.24, 2.45) is 0 Å². The van der Waals surface area contributed by atoms with Crippen LogP contribution < -0.4 is 0 Å². The Balaban J connectivity index is 2.40. The molecule has 0 spiro atoms. The van der Waals surface area contributed by atoms with Gasteiger partial charge in [-0.15, -0.1) is 0 Å². The van der Waals surface area contributed by atoms with Crippen LogP contribution >= 0.6 is 0 Å². The zero-order valence-corrected chi connectivity index (χ0v) is 8.58. The average Bonchev–Trinajstić information content (AvgIpc) is 2.33. The smallest absolute Gasteiger partial charge is 0.253 e. The lowest BCUT2D eigenvalue weighted by molar-refractivity contribution is -0.136. The molecule has 14 heavy (non-hydrogen) atoms. The van der Waals surface area contributed by atoms with E-state index in [2.05, 4.69) is 0 Å². The van der Waals surface area contributed by atoms with Crippen LogP contribution in [0.5, 0.6) is 0 Å². The van der Waals surface area contributed by atoms with E-state index in [9.17, 15) is 18.0 Å². The number of hydrogen-bond donors (Lipinski definition) is 0. The Morgan fingerprint density at radius 1 is 1.21 bits per heavy atom. The van der Waals surface area contributed by atoms with Gasteiger partial charge in [-0.25, -0.2) is 8.42 Å². The average molecular weight is 217 g/mol. The molecule has 0 aliphatic carbocycles. The van der Waals surface area contributed by atoms with E-state index in [0.717, 1.165) is 11.2 Å². The lowest BCUT2D eigenvalue weighted by Gasteiger charge is -2.12. The minimum absolute atomic E-state index is 0.00986. The zero-order valence-electron chi connectivity index (χ0n) is 7.76. The van der Waals surface area contributed by atoms with Gasteiger partial charge < -0.3 is 0 Å². The van der Waals surface area contributed by atoms with Gasteiger partial charge in [0, 0.05) is 25.0 Å². The molecule has 0 bridgehead atoms. The highest BCUT2D eigenvalue weighted by atomic mass is 32.2. The third-order valence-electron chi connectivity index (χ3n) is 1.80. The number of carbonyl (C=O) groups is 2. The molecule has 1 rings (SSSR count). The largest absolute Gasteiger partial charge is 0.275 e. The van der Waals surface area contributed by atoms with Gasteiger partial charge in [-0.05, 0) is 6.42 Å². The van der Waals surface area contributed by atoms with Crippen molar-refractivity contribution in [1.82, 2.24) is 4.90 Å². The van der Waals surface area contributed by atoms with Crippen LogP contribution in [0.15, 0.2) is 12.2 Å². The number of sulfone groups is 1. The standard InChI is InChI=1S/C8H11NO4S/c1-14(12,13)6-2-5-9-7(10)3-4-8(9)11/h3-4H,2,5-6H2,1H3. The van der Waals surface area contributed by atoms with Crippen molar-refractivity contribution in [3.8, 4) is 0 Å². The SMILES string of the molecule is CS(=O)(=O)CCCN1C(=O)C=CC1=O. The van der Waals surface area contributed by atoms with E-state index >= 15 is 0 Å². The van der Waals surface area contributed by atoms with Crippen LogP contribution in [0.1, 0.15) is 6.42 Å². The molecule has 0 N–H and O–H groups in total. The minimum Gasteiger partial charge on any atom is -0.275 e. The lowest BCUT2D eigenvalue weighted by atomic mass is 10.4. The molecule has 5 nitrogen and oxygen atoms in total. The Morgan fingerprint density at radius 2 is 1.71 bits per heavy atom. The van der Waals surface area contributed by atoms with Gasteiger partial charge in [-0.3, -0.25) is 14.5 Å². The first-order valence-electron chi connectivity index (χ1n) is 4.11. The minimum atomic E-state index is -3.02. The van der Waals surface area contributed by atoms with Gasteiger partial charge in [-0.2, -0.15) is 0 Å². The predicted octanol–water partition coefficient (Wildman–Crippen LogP) is -0.654. The number of imide groups is 1. The van der Waals surface area contributed by atoms with Crippen LogP contribution in [-0.4, -0.2) is 43.7 Å². The van der Waals surface area contributed by atoms with Crippen LogP contribution in [0.4, 0.5) is 0 Å². The summed E-state index contributed by atoms with van der Waals surface area (Å²) in [5.74, 6) is -0.753. The van der Waals surface area contributed by atoms with Crippen LogP contribution in [0.3, 0.4) is 0 Å². The first-order valence-corrected chi connectivity index (χ1v) is 6.17. The monoisotopic (exact) mass is 217 g/mol. The highest BCUT2D eigenvalue weighted by Gasteiger charge is 2.22. The summed E-state index contributed by atoms with van der Waals surface area (Å²) in [6.45, 7) is 0.164. The third kappa shape index (κ3) is 2.95. The van der Waals surface area contributed by atoms with Crippen molar-refractivity contribution in [3.63, 3.8) is 0 Å². The van der Waals surface area contributed by atoms with Gasteiger partial charge in [0.15, 0.2) is 0 Å². The van der Waals surface area contributed by atoms with Gasteiger partial charge in [0.1, 0.15) is 9.84 Å². The van der Waals surface area contributed by atoms with Crippen molar-refractivity contribution in [2.75, 3.05) is 18.6 Å². The van der Waals surface area contributed by atoms with E-state index in [-0.39, 0.29) is 30.5 Å². The van der Waals surface area contributed by atoms with E-state index < -0.39 is 9.84 Å². The summed E-state index contributed by atoms with van der Waals surface area (Å²) in [5.41, 5.74) is 0. The van der Waals surface area contributed by atoms with Crippen molar-refractivity contribution >= 4 is 21.7 Å². The lowest BCUT2D eigenvalue weighted by Crippen LogP contribution is -2.31. The molecule has 1 aliphatic rings. The summed E-state index contributed by atoms with van der Waals surface area (Å²) in [5, 5.41) is 0. The molecular weight excluding hydrogens is 206 g/mol. The zero-order chi connectivity index (χ0) is 10.8. The summed E-state index contributed by atoms with van der Waals surface area (Å²) in [6.07, 6.45) is 3.78. The van der Waals surface area contributed by atoms with Crippen LogP contribution in [0.2, 0.25) is 0 Å². The molecular formula is C8H11NO4S. The van der Waals surface area contributed by atoms with Gasteiger partial charge in [0.25, 0.3) is 11.8 Å². The molecule has 2 amide bonds. The van der Waals surface area contributed by atoms with E-state index in [4.69, 9.17) is 0 Å². The number of rotatable bonds is 4. The fraction of sp³-hybridized carbons (Fsp3) is 0.500. The van der Waals surface area contributed by atoms with E-state index in [1.54, 1.807) is 0 Å². The molecule has 1 aliphatic heterocycles. The third-order valence-corrected chi connectivity index (χ3v) is 2.83. The van der Waals surface area contributed by atoms with Crippen LogP contribution in [0.25, 0.3) is 0 Å². The molecule has 0 fully saturated rings. The molecule has 0 saturated carbocycles. The van der Waals surface area contributed by atoms with E-state index in [1.165, 1.54) is 12.2 Å². The Bertz CT molecular complexity index is 364. The van der Waals surface area contributed by atoms with Crippen molar-refractivity contribution < 1.29 is 18.0 Å². The van der Waals surface area contributed by atoms with Gasteiger partial charge in [0.05, 0.1) is 5.75 Å². The first kappa shape index (κ1) is 10.9. The van der Waals surface area contributed by atoms with Crippen molar-refractivity contribution in [1.29, 1.82) is 0 Å². The van der Waals surface area contributed by atoms with Crippen molar-refractivity contribution in [2.45, 2.75) is 6.42 Å². The second kappa shape index (κ2) is 3.91. The maximum Gasteiger partial charge on any atom is 0.253 e. The van der Waals surface area contributed by atoms with Gasteiger partial charge >= 0.3 is 0 Å². The molecule has 0 unspecified atom stereocenters. The second-order valence-electron chi connectivity index (χ2n) is 3.14. The molecule has 6 heteroatoms. The molecule has 0 atom stereocenters. The summed E-state index contributed by atoms with van der Waals surface area (Å²) in [7, 11) is -3.02. The Kier molecular flexibility index (Phi) is 3.05. The molecule has 78 valence electrons. The number of amides is 2. The summed E-state index contributed by atoms with van der Waals surface area (Å²) < 4.78 is 21.5. The maximum absolute atomic E-state index is 11.0. The van der Waals surface area contributed by atoms with Crippen molar-refractivity contribution in [3.05, 3.63) is 12.2 Å². The highest BCUT2D eigenvalue weighted by Crippen LogP contribution is 2.04. The second-order valence-corrected chi connectivity index (χ2v) is 5.40. The van der Waals surface area contributed by atoms with Crippen LogP contribution in [-0.2, 0) is 19.4 Å². The maximum atomic E-state index is 11.0. The molecule has 0 aromatic rings. The Labute approximate surface area is 82.3 Å². The number of carbonyl (C=O) groups excluding carboxylic acids is 2. The Morgan fingerprint density at radius 3 is 2.14 bits per heavy atom. The van der Waals surface area contributed by atoms with Crippen LogP contribution in [0, 0.1) is 0 Å². The summed E-state index contributed by atoms with van der Waals surface area (Å²) in [4.78, 5) is 23.1. The summed E-state index contributed by atoms with van der Waals surface area (Å²) >= 11 is 0. The fourth-order valence-corrected chi connectivity index (χ4v) is 1.79. The number of nitrogens with zero attached hydrogens (tertiary/aromatic N) is 1. The quantitative estimate of drug-likeness (QED) is 0.586. The molecule has 0 aromatic carbocycles. The predicted molar refractivity (Wildman–Crippen MR) is 50.2 cm³/mol. The summed E-state index contributed by atoms with van der Waals surface area (Å²) in [6, 6.07) is 0. The first-order chi connectivity index (χ1) is 6.40. The Hall–Kier alpha value is -1.17. The topological polar surface area (TPSA) is 71.5 Å². The highest BCUT2D eigenvalue weighted by molar-refractivity contribution is 7.90. The molecule has 1 heterocycles. The normalized spacial score (nSPS) is 16.8. The molecule has 0 radical (unpaired) electrons. The van der Waals surface area contributed by atoms with E-state index in [0.29, 0.717) is 0 Å². The molecule has 0 aromatic heterocycles.